The molecule has 0 spiro atoms. The molecule has 2 aromatic rings. The number of anilines is 2. The summed E-state index contributed by atoms with van der Waals surface area (Å²) in [6.45, 7) is 6.19. The van der Waals surface area contributed by atoms with Crippen LogP contribution < -0.4 is 19.9 Å². The largest absolute Gasteiger partial charge is 0.487 e. The number of hydrogen-bond donors (Lipinski definition) is 1. The molecule has 2 aliphatic rings. The van der Waals surface area contributed by atoms with E-state index in [4.69, 9.17) is 4.74 Å². The number of hydrogen-bond acceptors (Lipinski definition) is 6. The molecule has 1 atom stereocenters. The molecular weight excluding hydrogens is 366 g/mol. The van der Waals surface area contributed by atoms with Crippen LogP contribution in [0.1, 0.15) is 38.3 Å². The Balaban J connectivity index is 1.28. The first-order valence-electron chi connectivity index (χ1n) is 10.3. The van der Waals surface area contributed by atoms with Crippen molar-refractivity contribution in [3.05, 3.63) is 42.2 Å². The third kappa shape index (κ3) is 4.96. The number of ether oxygens (including phenoxy) is 1. The van der Waals surface area contributed by atoms with E-state index < -0.39 is 0 Å². The van der Waals surface area contributed by atoms with Crippen molar-refractivity contribution in [3.8, 4) is 5.75 Å². The Morgan fingerprint density at radius 3 is 2.66 bits per heavy atom. The first-order chi connectivity index (χ1) is 14.0. The van der Waals surface area contributed by atoms with Crippen LogP contribution in [0.25, 0.3) is 0 Å². The topological polar surface area (TPSA) is 70.6 Å². The summed E-state index contributed by atoms with van der Waals surface area (Å²) < 4.78 is 6.07. The molecule has 4 rings (SSSR count). The van der Waals surface area contributed by atoms with E-state index in [1.807, 2.05) is 31.2 Å². The lowest BCUT2D eigenvalue weighted by Crippen LogP contribution is -2.54. The summed E-state index contributed by atoms with van der Waals surface area (Å²) in [5.41, 5.74) is 1.06. The summed E-state index contributed by atoms with van der Waals surface area (Å²) in [5, 5.41) is 2.89. The molecule has 0 bridgehead atoms. The van der Waals surface area contributed by atoms with Gasteiger partial charge in [-0.3, -0.25) is 4.79 Å². The maximum absolute atomic E-state index is 11.2. The van der Waals surface area contributed by atoms with Crippen molar-refractivity contribution < 1.29 is 9.53 Å². The molecule has 1 amide bonds. The van der Waals surface area contributed by atoms with E-state index in [-0.39, 0.29) is 18.1 Å². The molecule has 1 aliphatic carbocycles. The van der Waals surface area contributed by atoms with Crippen LogP contribution in [0.15, 0.2) is 36.7 Å². The molecule has 2 fully saturated rings. The number of nitrogens with one attached hydrogen (secondary N) is 1. The van der Waals surface area contributed by atoms with E-state index in [0.29, 0.717) is 0 Å². The Morgan fingerprint density at radius 1 is 1.28 bits per heavy atom. The standard InChI is InChI=1S/C22H29N5O2/c1-15(25-16(2)28)18-6-8-19(9-7-18)29-20-12-27(13-20)22-10-21(23-14-24-22)26(3)11-17-4-5-17/h6-10,14-15,17,20H,4-5,11-13H2,1-3H3,(H,25,28). The van der Waals surface area contributed by atoms with Crippen LogP contribution in [-0.4, -0.2) is 48.7 Å². The normalized spacial score (nSPS) is 17.4. The highest BCUT2D eigenvalue weighted by atomic mass is 16.5. The minimum atomic E-state index is -0.0287. The first-order valence-corrected chi connectivity index (χ1v) is 10.3. The molecule has 2 heterocycles. The Hall–Kier alpha value is -2.83. The quantitative estimate of drug-likeness (QED) is 0.741. The number of nitrogens with zero attached hydrogens (tertiary/aromatic N) is 4. The van der Waals surface area contributed by atoms with Gasteiger partial charge in [0.1, 0.15) is 29.8 Å². The van der Waals surface area contributed by atoms with E-state index in [9.17, 15) is 4.79 Å². The fourth-order valence-electron chi connectivity index (χ4n) is 3.62. The number of amides is 1. The van der Waals surface area contributed by atoms with Gasteiger partial charge in [0.15, 0.2) is 0 Å². The molecule has 7 nitrogen and oxygen atoms in total. The third-order valence-electron chi connectivity index (χ3n) is 5.53. The Kier molecular flexibility index (Phi) is 5.56. The molecule has 1 unspecified atom stereocenters. The molecular formula is C22H29N5O2. The van der Waals surface area contributed by atoms with Crippen LogP contribution in [-0.2, 0) is 4.79 Å². The van der Waals surface area contributed by atoms with Crippen LogP contribution in [0.2, 0.25) is 0 Å². The van der Waals surface area contributed by atoms with E-state index in [1.54, 1.807) is 6.33 Å². The van der Waals surface area contributed by atoms with Crippen molar-refractivity contribution in [1.29, 1.82) is 0 Å². The average Bonchev–Trinajstić information content (AvgIpc) is 3.48. The average molecular weight is 396 g/mol. The first kappa shape index (κ1) is 19.5. The van der Waals surface area contributed by atoms with E-state index >= 15 is 0 Å². The van der Waals surface area contributed by atoms with Gasteiger partial charge in [-0.1, -0.05) is 12.1 Å². The summed E-state index contributed by atoms with van der Waals surface area (Å²) in [7, 11) is 2.10. The number of benzene rings is 1. The maximum atomic E-state index is 11.2. The second-order valence-electron chi connectivity index (χ2n) is 8.19. The number of carbonyl (C=O) groups excluding carboxylic acids is 1. The molecule has 1 aromatic heterocycles. The molecule has 29 heavy (non-hydrogen) atoms. The van der Waals surface area contributed by atoms with E-state index in [2.05, 4.69) is 38.2 Å². The summed E-state index contributed by atoms with van der Waals surface area (Å²) in [5.74, 6) is 3.58. The second kappa shape index (κ2) is 8.27. The van der Waals surface area contributed by atoms with Crippen molar-refractivity contribution in [2.45, 2.75) is 38.8 Å². The highest BCUT2D eigenvalue weighted by Gasteiger charge is 2.30. The molecule has 1 saturated carbocycles. The van der Waals surface area contributed by atoms with E-state index in [1.165, 1.54) is 19.8 Å². The third-order valence-corrected chi connectivity index (χ3v) is 5.53. The Labute approximate surface area is 172 Å². The predicted molar refractivity (Wildman–Crippen MR) is 113 cm³/mol. The van der Waals surface area contributed by atoms with Crippen LogP contribution in [0, 0.1) is 5.92 Å². The number of carbonyl (C=O) groups is 1. The van der Waals surface area contributed by atoms with Crippen LogP contribution in [0.4, 0.5) is 11.6 Å². The van der Waals surface area contributed by atoms with Gasteiger partial charge in [-0.15, -0.1) is 0 Å². The van der Waals surface area contributed by atoms with Gasteiger partial charge >= 0.3 is 0 Å². The van der Waals surface area contributed by atoms with Crippen molar-refractivity contribution in [3.63, 3.8) is 0 Å². The lowest BCUT2D eigenvalue weighted by molar-refractivity contribution is -0.119. The number of aromatic nitrogens is 2. The molecule has 154 valence electrons. The lowest BCUT2D eigenvalue weighted by atomic mass is 10.1. The van der Waals surface area contributed by atoms with Crippen LogP contribution in [0.3, 0.4) is 0 Å². The SMILES string of the molecule is CC(=O)NC(C)c1ccc(OC2CN(c3cc(N(C)CC4CC4)ncn3)C2)cc1. The Bertz CT molecular complexity index is 847. The monoisotopic (exact) mass is 395 g/mol. The number of rotatable bonds is 8. The maximum Gasteiger partial charge on any atom is 0.217 e. The zero-order valence-corrected chi connectivity index (χ0v) is 17.3. The van der Waals surface area contributed by atoms with Gasteiger partial charge in [0, 0.05) is 26.6 Å². The zero-order valence-electron chi connectivity index (χ0n) is 17.3. The molecule has 7 heteroatoms. The van der Waals surface area contributed by atoms with Crippen LogP contribution in [0.5, 0.6) is 5.75 Å². The molecule has 1 aliphatic heterocycles. The fraction of sp³-hybridized carbons (Fsp3) is 0.500. The summed E-state index contributed by atoms with van der Waals surface area (Å²) >= 11 is 0. The summed E-state index contributed by atoms with van der Waals surface area (Å²) in [6.07, 6.45) is 4.47. The van der Waals surface area contributed by atoms with Gasteiger partial charge in [-0.2, -0.15) is 0 Å². The second-order valence-corrected chi connectivity index (χ2v) is 8.19. The zero-order chi connectivity index (χ0) is 20.4. The minimum absolute atomic E-state index is 0.00856. The van der Waals surface area contributed by atoms with Crippen molar-refractivity contribution in [2.24, 2.45) is 5.92 Å². The smallest absolute Gasteiger partial charge is 0.217 e. The van der Waals surface area contributed by atoms with Crippen LogP contribution >= 0.6 is 0 Å². The molecule has 1 saturated heterocycles. The highest BCUT2D eigenvalue weighted by molar-refractivity contribution is 5.73. The van der Waals surface area contributed by atoms with E-state index in [0.717, 1.165) is 48.5 Å². The van der Waals surface area contributed by atoms with Gasteiger partial charge in [-0.05, 0) is 43.4 Å². The van der Waals surface area contributed by atoms with Gasteiger partial charge in [-0.25, -0.2) is 9.97 Å². The lowest BCUT2D eigenvalue weighted by Gasteiger charge is -2.40. The minimum Gasteiger partial charge on any atom is -0.487 e. The van der Waals surface area contributed by atoms with Crippen molar-refractivity contribution in [1.82, 2.24) is 15.3 Å². The molecule has 1 N–H and O–H groups in total. The highest BCUT2D eigenvalue weighted by Crippen LogP contribution is 2.31. The van der Waals surface area contributed by atoms with Gasteiger partial charge < -0.3 is 19.9 Å². The van der Waals surface area contributed by atoms with Crippen molar-refractivity contribution in [2.75, 3.05) is 36.5 Å². The fourth-order valence-corrected chi connectivity index (χ4v) is 3.62. The van der Waals surface area contributed by atoms with Gasteiger partial charge in [0.25, 0.3) is 0 Å². The Morgan fingerprint density at radius 2 is 2.00 bits per heavy atom. The van der Waals surface area contributed by atoms with Crippen molar-refractivity contribution >= 4 is 17.5 Å². The summed E-state index contributed by atoms with van der Waals surface area (Å²) in [6, 6.07) is 9.98. The van der Waals surface area contributed by atoms with Gasteiger partial charge in [0.2, 0.25) is 5.91 Å². The molecule has 1 aromatic carbocycles. The molecule has 0 radical (unpaired) electrons. The predicted octanol–water partition coefficient (Wildman–Crippen LogP) is 2.79. The van der Waals surface area contributed by atoms with Gasteiger partial charge in [0.05, 0.1) is 19.1 Å². The summed E-state index contributed by atoms with van der Waals surface area (Å²) in [4.78, 5) is 24.5.